The van der Waals surface area contributed by atoms with Gasteiger partial charge in [0.2, 0.25) is 0 Å². The molecule has 0 saturated carbocycles. The summed E-state index contributed by atoms with van der Waals surface area (Å²) in [6, 6.07) is 6.38. The Morgan fingerprint density at radius 1 is 1.24 bits per heavy atom. The number of hydrogen-bond donors (Lipinski definition) is 0. The SMILES string of the molecule is CCCCCOC(=O)N1C=CN(C)C1(C)[C@@H](C)c1cccc(C)c1C. The van der Waals surface area contributed by atoms with Gasteiger partial charge in [0.25, 0.3) is 0 Å². The summed E-state index contributed by atoms with van der Waals surface area (Å²) in [5.41, 5.74) is 3.34. The van der Waals surface area contributed by atoms with Crippen LogP contribution in [0.3, 0.4) is 0 Å². The number of benzene rings is 1. The lowest BCUT2D eigenvalue weighted by atomic mass is 9.84. The van der Waals surface area contributed by atoms with E-state index >= 15 is 0 Å². The first-order valence-electron chi connectivity index (χ1n) is 9.27. The minimum Gasteiger partial charge on any atom is -0.449 e. The van der Waals surface area contributed by atoms with Crippen LogP contribution in [0.2, 0.25) is 0 Å². The Kier molecular flexibility index (Phi) is 6.15. The van der Waals surface area contributed by atoms with Gasteiger partial charge in [-0.15, -0.1) is 0 Å². The van der Waals surface area contributed by atoms with Gasteiger partial charge in [0.1, 0.15) is 5.66 Å². The second-order valence-electron chi connectivity index (χ2n) is 7.21. The van der Waals surface area contributed by atoms with Gasteiger partial charge in [0, 0.05) is 25.4 Å². The monoisotopic (exact) mass is 344 g/mol. The lowest BCUT2D eigenvalue weighted by Crippen LogP contribution is -2.55. The molecule has 2 rings (SSSR count). The minimum absolute atomic E-state index is 0.135. The average molecular weight is 344 g/mol. The summed E-state index contributed by atoms with van der Waals surface area (Å²) in [6.07, 6.45) is 6.64. The topological polar surface area (TPSA) is 32.8 Å². The molecule has 0 bridgehead atoms. The third kappa shape index (κ3) is 3.68. The van der Waals surface area contributed by atoms with Gasteiger partial charge in [-0.2, -0.15) is 0 Å². The van der Waals surface area contributed by atoms with Crippen LogP contribution < -0.4 is 0 Å². The van der Waals surface area contributed by atoms with Crippen molar-refractivity contribution in [3.05, 3.63) is 47.3 Å². The van der Waals surface area contributed by atoms with Crippen molar-refractivity contribution in [2.75, 3.05) is 13.7 Å². The van der Waals surface area contributed by atoms with Crippen LogP contribution in [0.5, 0.6) is 0 Å². The van der Waals surface area contributed by atoms with E-state index in [9.17, 15) is 4.79 Å². The molecule has 4 nitrogen and oxygen atoms in total. The molecule has 1 aromatic carbocycles. The van der Waals surface area contributed by atoms with Gasteiger partial charge in [-0.05, 0) is 43.9 Å². The maximum absolute atomic E-state index is 12.7. The summed E-state index contributed by atoms with van der Waals surface area (Å²) in [5, 5.41) is 0. The van der Waals surface area contributed by atoms with E-state index in [0.717, 1.165) is 19.3 Å². The number of nitrogens with zero attached hydrogens (tertiary/aromatic N) is 2. The smallest absolute Gasteiger partial charge is 0.415 e. The third-order valence-corrected chi connectivity index (χ3v) is 5.74. The molecule has 1 amide bonds. The summed E-state index contributed by atoms with van der Waals surface area (Å²) >= 11 is 0. The fourth-order valence-corrected chi connectivity index (χ4v) is 3.52. The zero-order chi connectivity index (χ0) is 18.6. The highest BCUT2D eigenvalue weighted by Gasteiger charge is 2.46. The normalized spacial score (nSPS) is 20.9. The standard InChI is InChI=1S/C21H32N2O2/c1-7-8-9-15-25-20(24)23-14-13-22(6)21(23,5)18(4)19-12-10-11-16(2)17(19)3/h10-14,18H,7-9,15H2,1-6H3/t18-,21?/m0/s1. The maximum atomic E-state index is 12.7. The third-order valence-electron chi connectivity index (χ3n) is 5.74. The first-order chi connectivity index (χ1) is 11.8. The van der Waals surface area contributed by atoms with E-state index < -0.39 is 5.66 Å². The van der Waals surface area contributed by atoms with Gasteiger partial charge in [-0.3, -0.25) is 4.90 Å². The summed E-state index contributed by atoms with van der Waals surface area (Å²) in [5.74, 6) is 0.135. The fourth-order valence-electron chi connectivity index (χ4n) is 3.52. The molecular formula is C21H32N2O2. The summed E-state index contributed by atoms with van der Waals surface area (Å²) in [7, 11) is 2.02. The molecule has 1 unspecified atom stereocenters. The number of unbranched alkanes of at least 4 members (excludes halogenated alkanes) is 2. The number of likely N-dealkylation sites (N-methyl/N-ethyl adjacent to an activating group) is 1. The van der Waals surface area contributed by atoms with Crippen LogP contribution >= 0.6 is 0 Å². The number of carbonyl (C=O) groups is 1. The minimum atomic E-state index is -0.486. The highest BCUT2D eigenvalue weighted by atomic mass is 16.6. The van der Waals surface area contributed by atoms with E-state index in [1.54, 1.807) is 4.90 Å². The van der Waals surface area contributed by atoms with Gasteiger partial charge in [-0.25, -0.2) is 4.79 Å². The predicted octanol–water partition coefficient (Wildman–Crippen LogP) is 5.17. The molecule has 0 radical (unpaired) electrons. The quantitative estimate of drug-likeness (QED) is 0.668. The van der Waals surface area contributed by atoms with Crippen LogP contribution in [0.15, 0.2) is 30.6 Å². The van der Waals surface area contributed by atoms with Crippen molar-refractivity contribution in [1.29, 1.82) is 0 Å². The van der Waals surface area contributed by atoms with Crippen LogP contribution in [0.4, 0.5) is 4.79 Å². The van der Waals surface area contributed by atoms with E-state index in [4.69, 9.17) is 4.74 Å². The second kappa shape index (κ2) is 7.94. The van der Waals surface area contributed by atoms with Crippen molar-refractivity contribution in [3.63, 3.8) is 0 Å². The van der Waals surface area contributed by atoms with Crippen molar-refractivity contribution < 1.29 is 9.53 Å². The number of hydrogen-bond acceptors (Lipinski definition) is 3. The van der Waals surface area contributed by atoms with E-state index in [2.05, 4.69) is 57.7 Å². The molecule has 1 aliphatic heterocycles. The highest BCUT2D eigenvalue weighted by molar-refractivity contribution is 5.71. The van der Waals surface area contributed by atoms with Crippen molar-refractivity contribution in [1.82, 2.24) is 9.80 Å². The molecule has 1 aromatic rings. The van der Waals surface area contributed by atoms with E-state index in [1.807, 2.05) is 19.4 Å². The Balaban J connectivity index is 2.23. The number of rotatable bonds is 6. The molecular weight excluding hydrogens is 312 g/mol. The number of carbonyl (C=O) groups excluding carboxylic acids is 1. The Morgan fingerprint density at radius 3 is 2.64 bits per heavy atom. The Hall–Kier alpha value is -1.97. The van der Waals surface area contributed by atoms with E-state index in [-0.39, 0.29) is 12.0 Å². The van der Waals surface area contributed by atoms with E-state index in [0.29, 0.717) is 6.61 Å². The molecule has 4 heteroatoms. The Labute approximate surface area is 152 Å². The highest BCUT2D eigenvalue weighted by Crippen LogP contribution is 2.41. The molecule has 25 heavy (non-hydrogen) atoms. The van der Waals surface area contributed by atoms with Crippen LogP contribution in [0.25, 0.3) is 0 Å². The predicted molar refractivity (Wildman–Crippen MR) is 102 cm³/mol. The zero-order valence-electron chi connectivity index (χ0n) is 16.5. The first kappa shape index (κ1) is 19.4. The van der Waals surface area contributed by atoms with Gasteiger partial charge < -0.3 is 9.64 Å². The largest absolute Gasteiger partial charge is 0.449 e. The molecule has 1 aliphatic rings. The molecule has 0 spiro atoms. The van der Waals surface area contributed by atoms with Gasteiger partial charge in [-0.1, -0.05) is 44.9 Å². The van der Waals surface area contributed by atoms with Gasteiger partial charge >= 0.3 is 6.09 Å². The number of amides is 1. The summed E-state index contributed by atoms with van der Waals surface area (Å²) in [6.45, 7) is 11.2. The molecule has 138 valence electrons. The summed E-state index contributed by atoms with van der Waals surface area (Å²) in [4.78, 5) is 16.5. The molecule has 0 N–H and O–H groups in total. The average Bonchev–Trinajstić information content (AvgIpc) is 2.90. The van der Waals surface area contributed by atoms with Gasteiger partial charge in [0.05, 0.1) is 6.61 Å². The lowest BCUT2D eigenvalue weighted by molar-refractivity contribution is 0.0245. The van der Waals surface area contributed by atoms with Crippen LogP contribution in [-0.2, 0) is 4.74 Å². The Morgan fingerprint density at radius 2 is 1.96 bits per heavy atom. The van der Waals surface area contributed by atoms with Gasteiger partial charge in [0.15, 0.2) is 0 Å². The van der Waals surface area contributed by atoms with Crippen LogP contribution in [0, 0.1) is 13.8 Å². The lowest BCUT2D eigenvalue weighted by Gasteiger charge is -2.44. The second-order valence-corrected chi connectivity index (χ2v) is 7.21. The molecule has 2 atom stereocenters. The molecule has 1 heterocycles. The number of aryl methyl sites for hydroxylation is 1. The first-order valence-corrected chi connectivity index (χ1v) is 9.27. The van der Waals surface area contributed by atoms with Crippen molar-refractivity contribution in [2.24, 2.45) is 0 Å². The zero-order valence-corrected chi connectivity index (χ0v) is 16.5. The van der Waals surface area contributed by atoms with Crippen molar-refractivity contribution in [2.45, 2.75) is 65.5 Å². The fraction of sp³-hybridized carbons (Fsp3) is 0.571. The number of ether oxygens (including phenoxy) is 1. The van der Waals surface area contributed by atoms with E-state index in [1.165, 1.54) is 16.7 Å². The summed E-state index contributed by atoms with van der Waals surface area (Å²) < 4.78 is 5.52. The Bertz CT molecular complexity index is 641. The maximum Gasteiger partial charge on any atom is 0.415 e. The van der Waals surface area contributed by atoms with Crippen molar-refractivity contribution >= 4 is 6.09 Å². The molecule has 0 fully saturated rings. The molecule has 0 aliphatic carbocycles. The van der Waals surface area contributed by atoms with Crippen LogP contribution in [-0.4, -0.2) is 35.2 Å². The van der Waals surface area contributed by atoms with Crippen molar-refractivity contribution in [3.8, 4) is 0 Å². The van der Waals surface area contributed by atoms with Crippen LogP contribution in [0.1, 0.15) is 62.6 Å². The molecule has 0 aromatic heterocycles. The molecule has 0 saturated heterocycles.